The third-order valence-corrected chi connectivity index (χ3v) is 8.62. The summed E-state index contributed by atoms with van der Waals surface area (Å²) in [7, 11) is 0. The number of quaternary nitrogens is 1. The Morgan fingerprint density at radius 3 is 2.53 bits per heavy atom. The molecule has 2 heterocycles. The monoisotopic (exact) mass is 544 g/mol. The van der Waals surface area contributed by atoms with Crippen molar-refractivity contribution in [1.82, 2.24) is 4.48 Å². The normalized spacial score (nSPS) is 24.3. The molecule has 34 heavy (non-hydrogen) atoms. The number of rotatable bonds is 4. The van der Waals surface area contributed by atoms with E-state index in [-0.39, 0.29) is 12.5 Å². The Hall–Kier alpha value is -2.09. The van der Waals surface area contributed by atoms with Gasteiger partial charge in [-0.3, -0.25) is 0 Å². The molecule has 7 heteroatoms. The maximum Gasteiger partial charge on any atom is 0.524 e. The van der Waals surface area contributed by atoms with E-state index in [9.17, 15) is 14.7 Å². The highest BCUT2D eigenvalue weighted by Crippen LogP contribution is 2.55. The lowest BCUT2D eigenvalue weighted by Crippen LogP contribution is -2.60. The predicted octanol–water partition coefficient (Wildman–Crippen LogP) is 7.65. The number of halogens is 1. The van der Waals surface area contributed by atoms with Gasteiger partial charge < -0.3 is 9.84 Å². The van der Waals surface area contributed by atoms with Gasteiger partial charge in [0.05, 0.1) is 6.61 Å². The molecule has 0 saturated carbocycles. The standard InChI is InChI=1S/C27H30BrNO4S/c1-5-33-25(30)21-15-19(28)14-20-22(16-29(24(20)21,26(31)32)27(2,3)4)18-11-12-34-23(13-18)17-9-7-6-8-10-17/h6-10,14-16,18,23H,5,11-13H2,1-4H3/p+1. The van der Waals surface area contributed by atoms with E-state index in [0.29, 0.717) is 16.5 Å². The minimum atomic E-state index is -0.999. The zero-order valence-corrected chi connectivity index (χ0v) is 22.4. The third-order valence-electron chi connectivity index (χ3n) is 6.82. The average molecular weight is 546 g/mol. The first kappa shape index (κ1) is 25.0. The second kappa shape index (κ2) is 9.51. The van der Waals surface area contributed by atoms with Gasteiger partial charge in [-0.15, -0.1) is 0 Å². The number of nitrogens with zero attached hydrogens (tertiary/aromatic N) is 1. The Bertz CT molecular complexity index is 1140. The molecule has 0 radical (unpaired) electrons. The number of carboxylic acid groups (broad SMARTS) is 1. The molecule has 0 aromatic heterocycles. The van der Waals surface area contributed by atoms with Crippen molar-refractivity contribution in [3.05, 3.63) is 69.8 Å². The van der Waals surface area contributed by atoms with Crippen LogP contribution in [-0.2, 0) is 4.74 Å². The van der Waals surface area contributed by atoms with Crippen molar-refractivity contribution < 1.29 is 19.4 Å². The van der Waals surface area contributed by atoms with E-state index >= 15 is 0 Å². The Balaban J connectivity index is 1.89. The number of benzene rings is 2. The topological polar surface area (TPSA) is 63.6 Å². The fraction of sp³-hybridized carbons (Fsp3) is 0.407. The van der Waals surface area contributed by atoms with Gasteiger partial charge in [-0.05, 0) is 69.9 Å². The maximum absolute atomic E-state index is 13.0. The summed E-state index contributed by atoms with van der Waals surface area (Å²) in [6, 6.07) is 14.2. The van der Waals surface area contributed by atoms with Crippen LogP contribution in [0.25, 0.3) is 5.57 Å². The number of thioether (sulfide) groups is 1. The molecule has 4 rings (SSSR count). The van der Waals surface area contributed by atoms with Gasteiger partial charge in [0.1, 0.15) is 17.3 Å². The predicted molar refractivity (Wildman–Crippen MR) is 142 cm³/mol. The van der Waals surface area contributed by atoms with E-state index in [4.69, 9.17) is 4.74 Å². The molecule has 3 atom stereocenters. The van der Waals surface area contributed by atoms with Gasteiger partial charge in [-0.25, -0.2) is 4.79 Å². The summed E-state index contributed by atoms with van der Waals surface area (Å²) in [5.41, 5.74) is 3.23. The third kappa shape index (κ3) is 4.23. The number of hydrogen-bond donors (Lipinski definition) is 1. The molecule has 2 aromatic rings. The summed E-state index contributed by atoms with van der Waals surface area (Å²) >= 11 is 5.52. The Labute approximate surface area is 213 Å². The quantitative estimate of drug-likeness (QED) is 0.316. The van der Waals surface area contributed by atoms with Gasteiger partial charge in [-0.2, -0.15) is 21.0 Å². The molecular formula is C27H31BrNO4S+. The fourth-order valence-corrected chi connectivity index (χ4v) is 7.06. The van der Waals surface area contributed by atoms with Crippen LogP contribution in [0.4, 0.5) is 10.5 Å². The number of amides is 1. The van der Waals surface area contributed by atoms with Crippen LogP contribution in [0.1, 0.15) is 67.3 Å². The van der Waals surface area contributed by atoms with Crippen LogP contribution in [0, 0.1) is 5.92 Å². The van der Waals surface area contributed by atoms with Crippen molar-refractivity contribution in [2.24, 2.45) is 5.92 Å². The number of hydrogen-bond acceptors (Lipinski definition) is 4. The summed E-state index contributed by atoms with van der Waals surface area (Å²) < 4.78 is 5.67. The number of carbonyl (C=O) groups excluding carboxylic acids is 1. The lowest BCUT2D eigenvalue weighted by atomic mass is 9.85. The molecule has 1 fully saturated rings. The van der Waals surface area contributed by atoms with Gasteiger partial charge in [-0.1, -0.05) is 46.3 Å². The minimum absolute atomic E-state index is 0.191. The summed E-state index contributed by atoms with van der Waals surface area (Å²) in [6.45, 7) is 7.70. The van der Waals surface area contributed by atoms with Gasteiger partial charge in [0.15, 0.2) is 5.69 Å². The van der Waals surface area contributed by atoms with Gasteiger partial charge in [0, 0.05) is 20.9 Å². The van der Waals surface area contributed by atoms with Crippen molar-refractivity contribution in [3.63, 3.8) is 0 Å². The van der Waals surface area contributed by atoms with Crippen LogP contribution in [0.15, 0.2) is 53.1 Å². The molecule has 2 aliphatic heterocycles. The Kier molecular flexibility index (Phi) is 7.00. The van der Waals surface area contributed by atoms with Gasteiger partial charge >= 0.3 is 12.1 Å². The molecule has 2 aromatic carbocycles. The molecule has 5 nitrogen and oxygen atoms in total. The van der Waals surface area contributed by atoms with E-state index in [2.05, 4.69) is 40.2 Å². The zero-order chi connectivity index (χ0) is 24.7. The lowest BCUT2D eigenvalue weighted by molar-refractivity contribution is 0.0523. The van der Waals surface area contributed by atoms with Crippen molar-refractivity contribution in [3.8, 4) is 0 Å². The first-order valence-corrected chi connectivity index (χ1v) is 13.5. The maximum atomic E-state index is 13.0. The van der Waals surface area contributed by atoms with E-state index in [1.807, 2.05) is 50.9 Å². The summed E-state index contributed by atoms with van der Waals surface area (Å²) in [4.78, 5) is 26.1. The second-order valence-corrected chi connectivity index (χ2v) is 12.0. The summed E-state index contributed by atoms with van der Waals surface area (Å²) in [5.74, 6) is 0.693. The molecule has 180 valence electrons. The zero-order valence-electron chi connectivity index (χ0n) is 20.0. The fourth-order valence-electron chi connectivity index (χ4n) is 5.18. The highest BCUT2D eigenvalue weighted by Gasteiger charge is 2.57. The molecule has 2 aliphatic rings. The van der Waals surface area contributed by atoms with E-state index in [0.717, 1.165) is 34.2 Å². The van der Waals surface area contributed by atoms with Crippen molar-refractivity contribution >= 4 is 51.0 Å². The molecule has 0 spiro atoms. The Morgan fingerprint density at radius 2 is 1.91 bits per heavy atom. The van der Waals surface area contributed by atoms with Crippen LogP contribution in [-0.4, -0.2) is 35.1 Å². The number of allylic oxidation sites excluding steroid dienone is 1. The molecule has 1 amide bonds. The first-order chi connectivity index (χ1) is 16.1. The number of esters is 1. The second-order valence-electron chi connectivity index (χ2n) is 9.82. The van der Waals surface area contributed by atoms with E-state index in [1.54, 1.807) is 13.0 Å². The van der Waals surface area contributed by atoms with Crippen LogP contribution in [0.3, 0.4) is 0 Å². The number of ether oxygens (including phenoxy) is 1. The first-order valence-electron chi connectivity index (χ1n) is 11.6. The van der Waals surface area contributed by atoms with Crippen LogP contribution in [0.2, 0.25) is 0 Å². The lowest BCUT2D eigenvalue weighted by Gasteiger charge is -2.39. The van der Waals surface area contributed by atoms with Gasteiger partial charge in [0.25, 0.3) is 0 Å². The molecule has 0 aliphatic carbocycles. The molecule has 1 saturated heterocycles. The van der Waals surface area contributed by atoms with Crippen molar-refractivity contribution in [1.29, 1.82) is 0 Å². The number of carbonyl (C=O) groups is 2. The molecule has 1 N–H and O–H groups in total. The SMILES string of the molecule is CCOC(=O)c1cc(Br)cc2c1[N+](C(=O)O)(C(C)(C)C)C=C2C1CCSC(c2ccccc2)C1. The molecule has 3 unspecified atom stereocenters. The van der Waals surface area contributed by atoms with Crippen molar-refractivity contribution in [2.75, 3.05) is 12.4 Å². The highest BCUT2D eigenvalue weighted by molar-refractivity contribution is 9.10. The van der Waals surface area contributed by atoms with Crippen LogP contribution >= 0.6 is 27.7 Å². The molecule has 0 bridgehead atoms. The largest absolute Gasteiger partial charge is 0.524 e. The van der Waals surface area contributed by atoms with Gasteiger partial charge in [0.2, 0.25) is 0 Å². The highest BCUT2D eigenvalue weighted by atomic mass is 79.9. The Morgan fingerprint density at radius 1 is 1.21 bits per heavy atom. The summed E-state index contributed by atoms with van der Waals surface area (Å²) in [6.07, 6.45) is 2.78. The van der Waals surface area contributed by atoms with Crippen LogP contribution < -0.4 is 4.48 Å². The van der Waals surface area contributed by atoms with Crippen molar-refractivity contribution in [2.45, 2.75) is 51.3 Å². The van der Waals surface area contributed by atoms with E-state index < -0.39 is 22.1 Å². The number of fused-ring (bicyclic) bond motifs is 1. The smallest absolute Gasteiger partial charge is 0.462 e. The minimum Gasteiger partial charge on any atom is -0.462 e. The van der Waals surface area contributed by atoms with Crippen LogP contribution in [0.5, 0.6) is 0 Å². The van der Waals surface area contributed by atoms with E-state index in [1.165, 1.54) is 5.56 Å². The average Bonchev–Trinajstić information content (AvgIpc) is 3.16. The molecular weight excluding hydrogens is 514 g/mol. The summed E-state index contributed by atoms with van der Waals surface area (Å²) in [5, 5.41) is 11.0.